The number of nitrogens with zero attached hydrogens (tertiary/aromatic N) is 4. The number of nitrogen functional groups attached to an aromatic ring is 1. The van der Waals surface area contributed by atoms with Gasteiger partial charge >= 0.3 is 6.09 Å². The molecular formula is C16H22N6O3S. The molecule has 0 aromatic carbocycles. The Morgan fingerprint density at radius 3 is 2.85 bits per heavy atom. The molecule has 10 heteroatoms. The number of morpholine rings is 1. The Labute approximate surface area is 154 Å². The summed E-state index contributed by atoms with van der Waals surface area (Å²) in [6.07, 6.45) is 0.688. The van der Waals surface area contributed by atoms with E-state index in [2.05, 4.69) is 4.90 Å². The van der Waals surface area contributed by atoms with E-state index in [1.54, 1.807) is 11.3 Å². The van der Waals surface area contributed by atoms with Crippen LogP contribution in [0.4, 0.5) is 21.4 Å². The number of hydrogen-bond donors (Lipinski definition) is 2. The number of anilines is 3. The number of nitrogens with two attached hydrogens (primary N) is 2. The number of carbonyl (C=O) groups excluding carboxylic acids is 1. The quantitative estimate of drug-likeness (QED) is 0.817. The first-order valence-electron chi connectivity index (χ1n) is 8.71. The highest BCUT2D eigenvalue weighted by Gasteiger charge is 2.25. The first-order chi connectivity index (χ1) is 12.6. The molecule has 0 bridgehead atoms. The largest absolute Gasteiger partial charge is 0.445 e. The van der Waals surface area contributed by atoms with Crippen molar-refractivity contribution in [2.45, 2.75) is 18.9 Å². The van der Waals surface area contributed by atoms with Crippen molar-refractivity contribution in [1.29, 1.82) is 0 Å². The minimum atomic E-state index is -0.747. The highest BCUT2D eigenvalue weighted by molar-refractivity contribution is 7.22. The topological polar surface area (TPSA) is 120 Å². The summed E-state index contributed by atoms with van der Waals surface area (Å²) in [5.74, 6) is 0.689. The van der Waals surface area contributed by atoms with Gasteiger partial charge in [-0.1, -0.05) is 11.3 Å². The molecule has 0 aliphatic carbocycles. The molecule has 0 spiro atoms. The number of pyridine rings is 1. The van der Waals surface area contributed by atoms with Crippen molar-refractivity contribution in [2.75, 3.05) is 54.9 Å². The van der Waals surface area contributed by atoms with Gasteiger partial charge in [0.25, 0.3) is 0 Å². The van der Waals surface area contributed by atoms with E-state index in [9.17, 15) is 4.79 Å². The van der Waals surface area contributed by atoms with Crippen molar-refractivity contribution in [1.82, 2.24) is 9.97 Å². The van der Waals surface area contributed by atoms with Crippen molar-refractivity contribution in [3.63, 3.8) is 0 Å². The molecule has 2 aliphatic heterocycles. The van der Waals surface area contributed by atoms with Crippen LogP contribution in [0.1, 0.15) is 12.8 Å². The molecule has 4 rings (SSSR count). The fourth-order valence-corrected chi connectivity index (χ4v) is 4.40. The lowest BCUT2D eigenvalue weighted by Crippen LogP contribution is -2.42. The monoisotopic (exact) mass is 378 g/mol. The van der Waals surface area contributed by atoms with Crippen molar-refractivity contribution in [3.8, 4) is 0 Å². The zero-order chi connectivity index (χ0) is 18.1. The summed E-state index contributed by atoms with van der Waals surface area (Å²) in [4.78, 5) is 24.7. The summed E-state index contributed by atoms with van der Waals surface area (Å²) in [7, 11) is 0. The highest BCUT2D eigenvalue weighted by Crippen LogP contribution is 2.34. The summed E-state index contributed by atoms with van der Waals surface area (Å²) in [5, 5.41) is 0.945. The van der Waals surface area contributed by atoms with Crippen LogP contribution < -0.4 is 21.3 Å². The lowest BCUT2D eigenvalue weighted by molar-refractivity contribution is 0.0965. The fourth-order valence-electron chi connectivity index (χ4n) is 3.39. The smallest absolute Gasteiger partial charge is 0.404 e. The maximum Gasteiger partial charge on any atom is 0.404 e. The molecule has 26 heavy (non-hydrogen) atoms. The molecule has 4 heterocycles. The van der Waals surface area contributed by atoms with Crippen LogP contribution in [0.2, 0.25) is 0 Å². The van der Waals surface area contributed by atoms with E-state index < -0.39 is 6.09 Å². The van der Waals surface area contributed by atoms with Crippen LogP contribution >= 0.6 is 11.3 Å². The number of thiazole rings is 1. The molecule has 0 radical (unpaired) electrons. The van der Waals surface area contributed by atoms with Gasteiger partial charge in [0.1, 0.15) is 6.10 Å². The van der Waals surface area contributed by atoms with Crippen LogP contribution in [0.25, 0.3) is 10.3 Å². The predicted molar refractivity (Wildman–Crippen MR) is 101 cm³/mol. The first kappa shape index (κ1) is 17.1. The Balaban J connectivity index is 1.59. The van der Waals surface area contributed by atoms with Crippen molar-refractivity contribution < 1.29 is 14.3 Å². The zero-order valence-corrected chi connectivity index (χ0v) is 15.2. The second-order valence-electron chi connectivity index (χ2n) is 6.47. The number of ether oxygens (including phenoxy) is 2. The number of aromatic nitrogens is 2. The van der Waals surface area contributed by atoms with Crippen LogP contribution in [0, 0.1) is 0 Å². The van der Waals surface area contributed by atoms with Gasteiger partial charge in [-0.05, 0) is 18.9 Å². The molecule has 4 N–H and O–H groups in total. The van der Waals surface area contributed by atoms with Crippen LogP contribution in [0.15, 0.2) is 6.07 Å². The van der Waals surface area contributed by atoms with E-state index in [0.29, 0.717) is 36.9 Å². The van der Waals surface area contributed by atoms with Gasteiger partial charge < -0.3 is 30.7 Å². The summed E-state index contributed by atoms with van der Waals surface area (Å²) in [6.45, 7) is 4.44. The van der Waals surface area contributed by atoms with Gasteiger partial charge in [0.05, 0.1) is 30.1 Å². The average Bonchev–Trinajstić information content (AvgIpc) is 3.04. The summed E-state index contributed by atoms with van der Waals surface area (Å²) >= 11 is 1.59. The molecule has 140 valence electrons. The van der Waals surface area contributed by atoms with Crippen molar-refractivity contribution in [3.05, 3.63) is 6.07 Å². The fraction of sp³-hybridized carbons (Fsp3) is 0.562. The van der Waals surface area contributed by atoms with E-state index in [1.165, 1.54) is 0 Å². The van der Waals surface area contributed by atoms with Crippen LogP contribution in [0.5, 0.6) is 0 Å². The number of primary amides is 1. The summed E-state index contributed by atoms with van der Waals surface area (Å²) in [5.41, 5.74) is 12.7. The molecule has 1 unspecified atom stereocenters. The number of rotatable bonds is 3. The third-order valence-corrected chi connectivity index (χ3v) is 5.67. The number of fused-ring (bicyclic) bond motifs is 1. The second-order valence-corrected chi connectivity index (χ2v) is 7.48. The number of carbonyl (C=O) groups is 1. The van der Waals surface area contributed by atoms with Crippen LogP contribution in [0.3, 0.4) is 0 Å². The molecule has 2 aliphatic rings. The SMILES string of the molecule is NC(=O)OC1CCCN(c2nc3nc(N4CCOCC4)sc3cc2N)C1. The molecule has 1 amide bonds. The lowest BCUT2D eigenvalue weighted by atomic mass is 10.1. The lowest BCUT2D eigenvalue weighted by Gasteiger charge is -2.33. The van der Waals surface area contributed by atoms with E-state index in [-0.39, 0.29) is 6.10 Å². The van der Waals surface area contributed by atoms with E-state index >= 15 is 0 Å². The summed E-state index contributed by atoms with van der Waals surface area (Å²) in [6, 6.07) is 1.93. The van der Waals surface area contributed by atoms with Crippen LogP contribution in [-0.2, 0) is 9.47 Å². The highest BCUT2D eigenvalue weighted by atomic mass is 32.1. The van der Waals surface area contributed by atoms with Gasteiger partial charge in [0, 0.05) is 19.6 Å². The maximum absolute atomic E-state index is 11.0. The summed E-state index contributed by atoms with van der Waals surface area (Å²) < 4.78 is 11.5. The molecular weight excluding hydrogens is 356 g/mol. The standard InChI is InChI=1S/C16H22N6O3S/c17-11-8-12-13(20-16(26-12)21-4-6-24-7-5-21)19-14(11)22-3-1-2-10(9-22)25-15(18)23/h8,10H,1-7,9,17H2,(H2,18,23). The van der Waals surface area contributed by atoms with E-state index in [1.807, 2.05) is 11.0 Å². The minimum Gasteiger partial charge on any atom is -0.445 e. The third-order valence-electron chi connectivity index (χ3n) is 4.62. The Morgan fingerprint density at radius 1 is 1.27 bits per heavy atom. The molecule has 0 saturated carbocycles. The zero-order valence-electron chi connectivity index (χ0n) is 14.4. The Kier molecular flexibility index (Phi) is 4.68. The van der Waals surface area contributed by atoms with Crippen LogP contribution in [-0.4, -0.2) is 61.6 Å². The van der Waals surface area contributed by atoms with Gasteiger partial charge in [-0.2, -0.15) is 4.98 Å². The molecule has 2 fully saturated rings. The van der Waals surface area contributed by atoms with Gasteiger partial charge in [0.15, 0.2) is 16.6 Å². The first-order valence-corrected chi connectivity index (χ1v) is 9.52. The number of piperidine rings is 1. The number of amides is 1. The Morgan fingerprint density at radius 2 is 2.08 bits per heavy atom. The maximum atomic E-state index is 11.0. The Hall–Kier alpha value is -2.33. The third kappa shape index (κ3) is 3.47. The predicted octanol–water partition coefficient (Wildman–Crippen LogP) is 1.17. The van der Waals surface area contributed by atoms with Gasteiger partial charge in [0.2, 0.25) is 0 Å². The minimum absolute atomic E-state index is 0.238. The number of hydrogen-bond acceptors (Lipinski definition) is 9. The average molecular weight is 378 g/mol. The molecule has 2 aromatic rings. The van der Waals surface area contributed by atoms with Gasteiger partial charge in [-0.3, -0.25) is 0 Å². The second kappa shape index (κ2) is 7.12. The van der Waals surface area contributed by atoms with Crippen molar-refractivity contribution >= 4 is 44.4 Å². The van der Waals surface area contributed by atoms with Gasteiger partial charge in [-0.15, -0.1) is 0 Å². The molecule has 1 atom stereocenters. The molecule has 2 aromatic heterocycles. The molecule has 9 nitrogen and oxygen atoms in total. The molecule has 2 saturated heterocycles. The van der Waals surface area contributed by atoms with Crippen molar-refractivity contribution in [2.24, 2.45) is 5.73 Å². The van der Waals surface area contributed by atoms with E-state index in [0.717, 1.165) is 42.3 Å². The van der Waals surface area contributed by atoms with E-state index in [4.69, 9.17) is 30.9 Å². The van der Waals surface area contributed by atoms with Gasteiger partial charge in [-0.25, -0.2) is 9.78 Å². The Bertz CT molecular complexity index is 807. The normalized spacial score (nSPS) is 21.2.